The van der Waals surface area contributed by atoms with Crippen molar-refractivity contribution < 1.29 is 24.2 Å². The van der Waals surface area contributed by atoms with Crippen molar-refractivity contribution in [3.8, 4) is 0 Å². The van der Waals surface area contributed by atoms with E-state index in [0.29, 0.717) is 5.56 Å². The second-order valence-electron chi connectivity index (χ2n) is 3.19. The molecule has 0 bridgehead atoms. The van der Waals surface area contributed by atoms with E-state index >= 15 is 0 Å². The number of aryl methyl sites for hydroxylation is 1. The molecule has 0 aromatic heterocycles. The molecule has 1 heterocycles. The lowest BCUT2D eigenvalue weighted by Crippen LogP contribution is -2.03. The number of ether oxygens (including phenoxy) is 1. The van der Waals surface area contributed by atoms with Gasteiger partial charge in [-0.15, -0.1) is 0 Å². The number of hydrogen-bond donors (Lipinski definition) is 1. The second kappa shape index (κ2) is 2.91. The number of carboxylic acids is 1. The molecule has 5 heteroatoms. The lowest BCUT2D eigenvalue weighted by molar-refractivity contribution is 0.0443. The molecule has 0 aliphatic carbocycles. The standard InChI is InChI=1S/C10H6O5/c1-4-2-6-7(3-5(4)8(11)12)10(14)15-9(6)13/h2-3H,1H3,(H,11,12). The average molecular weight is 206 g/mol. The zero-order chi connectivity index (χ0) is 11.2. The Kier molecular flexibility index (Phi) is 1.82. The van der Waals surface area contributed by atoms with Crippen molar-refractivity contribution in [1.82, 2.24) is 0 Å². The molecule has 0 saturated heterocycles. The molecular weight excluding hydrogens is 200 g/mol. The Bertz CT molecular complexity index is 501. The quantitative estimate of drug-likeness (QED) is 0.547. The van der Waals surface area contributed by atoms with Gasteiger partial charge < -0.3 is 9.84 Å². The van der Waals surface area contributed by atoms with Gasteiger partial charge in [-0.3, -0.25) is 0 Å². The Labute approximate surface area is 84.3 Å². The summed E-state index contributed by atoms with van der Waals surface area (Å²) in [5.41, 5.74) is 0.568. The number of esters is 2. The molecule has 0 radical (unpaired) electrons. The third kappa shape index (κ3) is 1.28. The van der Waals surface area contributed by atoms with Crippen LogP contribution in [0.5, 0.6) is 0 Å². The smallest absolute Gasteiger partial charge is 0.346 e. The Morgan fingerprint density at radius 2 is 1.73 bits per heavy atom. The van der Waals surface area contributed by atoms with Crippen LogP contribution in [0.4, 0.5) is 0 Å². The Morgan fingerprint density at radius 1 is 1.20 bits per heavy atom. The van der Waals surface area contributed by atoms with E-state index in [1.807, 2.05) is 0 Å². The van der Waals surface area contributed by atoms with Crippen molar-refractivity contribution >= 4 is 17.9 Å². The van der Waals surface area contributed by atoms with E-state index in [4.69, 9.17) is 5.11 Å². The van der Waals surface area contributed by atoms with Crippen molar-refractivity contribution in [2.24, 2.45) is 0 Å². The number of hydrogen-bond acceptors (Lipinski definition) is 4. The van der Waals surface area contributed by atoms with Gasteiger partial charge in [0.1, 0.15) is 0 Å². The fraction of sp³-hybridized carbons (Fsp3) is 0.100. The number of rotatable bonds is 1. The van der Waals surface area contributed by atoms with Crippen LogP contribution in [0.2, 0.25) is 0 Å². The Balaban J connectivity index is 2.70. The third-order valence-electron chi connectivity index (χ3n) is 2.22. The summed E-state index contributed by atoms with van der Waals surface area (Å²) in [7, 11) is 0. The summed E-state index contributed by atoms with van der Waals surface area (Å²) in [5, 5.41) is 8.81. The molecule has 1 aromatic carbocycles. The average Bonchev–Trinajstić information content (AvgIpc) is 2.41. The van der Waals surface area contributed by atoms with E-state index in [1.165, 1.54) is 12.1 Å². The van der Waals surface area contributed by atoms with Gasteiger partial charge in [0.25, 0.3) is 0 Å². The first kappa shape index (κ1) is 9.39. The summed E-state index contributed by atoms with van der Waals surface area (Å²) in [6.07, 6.45) is 0. The number of carbonyl (C=O) groups is 3. The lowest BCUT2D eigenvalue weighted by atomic mass is 10.0. The van der Waals surface area contributed by atoms with E-state index < -0.39 is 17.9 Å². The van der Waals surface area contributed by atoms with Crippen LogP contribution in [-0.4, -0.2) is 23.0 Å². The molecule has 2 rings (SSSR count). The molecule has 0 atom stereocenters. The van der Waals surface area contributed by atoms with Crippen LogP contribution >= 0.6 is 0 Å². The van der Waals surface area contributed by atoms with Gasteiger partial charge in [0.05, 0.1) is 16.7 Å². The van der Waals surface area contributed by atoms with Crippen LogP contribution in [0.15, 0.2) is 12.1 Å². The first-order valence-corrected chi connectivity index (χ1v) is 4.15. The fourth-order valence-electron chi connectivity index (χ4n) is 1.47. The zero-order valence-electron chi connectivity index (χ0n) is 7.73. The van der Waals surface area contributed by atoms with Crippen molar-refractivity contribution in [3.05, 3.63) is 34.4 Å². The van der Waals surface area contributed by atoms with Crippen LogP contribution in [0.1, 0.15) is 36.6 Å². The predicted molar refractivity (Wildman–Crippen MR) is 47.9 cm³/mol. The van der Waals surface area contributed by atoms with Gasteiger partial charge in [-0.1, -0.05) is 0 Å². The van der Waals surface area contributed by atoms with E-state index in [0.717, 1.165) is 0 Å². The third-order valence-corrected chi connectivity index (χ3v) is 2.22. The number of benzene rings is 1. The monoisotopic (exact) mass is 206 g/mol. The lowest BCUT2D eigenvalue weighted by Gasteiger charge is -2.01. The largest absolute Gasteiger partial charge is 0.478 e. The maximum atomic E-state index is 11.1. The molecule has 1 aliphatic heterocycles. The van der Waals surface area contributed by atoms with Crippen LogP contribution in [0.25, 0.3) is 0 Å². The number of carboxylic acid groups (broad SMARTS) is 1. The van der Waals surface area contributed by atoms with Gasteiger partial charge in [0.15, 0.2) is 0 Å². The molecule has 0 saturated carbocycles. The summed E-state index contributed by atoms with van der Waals surface area (Å²) in [5.74, 6) is -2.66. The molecule has 0 spiro atoms. The van der Waals surface area contributed by atoms with E-state index in [2.05, 4.69) is 4.74 Å². The summed E-state index contributed by atoms with van der Waals surface area (Å²) in [6.45, 7) is 1.56. The molecule has 0 fully saturated rings. The highest BCUT2D eigenvalue weighted by molar-refractivity contribution is 6.15. The van der Waals surface area contributed by atoms with E-state index in [1.54, 1.807) is 6.92 Å². The predicted octanol–water partition coefficient (Wildman–Crippen LogP) is 1.00. The summed E-state index contributed by atoms with van der Waals surface area (Å²) in [4.78, 5) is 33.0. The van der Waals surface area contributed by atoms with Crippen molar-refractivity contribution in [2.45, 2.75) is 6.92 Å². The molecule has 1 aliphatic rings. The van der Waals surface area contributed by atoms with Gasteiger partial charge in [-0.05, 0) is 24.6 Å². The molecule has 76 valence electrons. The minimum absolute atomic E-state index is 0.000370. The SMILES string of the molecule is Cc1cc2c(cc1C(=O)O)C(=O)OC2=O. The van der Waals surface area contributed by atoms with Gasteiger partial charge in [-0.25, -0.2) is 14.4 Å². The first-order chi connectivity index (χ1) is 7.00. The van der Waals surface area contributed by atoms with E-state index in [-0.39, 0.29) is 16.7 Å². The Hall–Kier alpha value is -2.17. The molecule has 0 unspecified atom stereocenters. The van der Waals surface area contributed by atoms with E-state index in [9.17, 15) is 14.4 Å². The highest BCUT2D eigenvalue weighted by Crippen LogP contribution is 2.23. The highest BCUT2D eigenvalue weighted by Gasteiger charge is 2.31. The first-order valence-electron chi connectivity index (χ1n) is 4.15. The Morgan fingerprint density at radius 3 is 2.27 bits per heavy atom. The minimum Gasteiger partial charge on any atom is -0.478 e. The summed E-state index contributed by atoms with van der Waals surface area (Å²) >= 11 is 0. The maximum Gasteiger partial charge on any atom is 0.346 e. The van der Waals surface area contributed by atoms with Crippen LogP contribution in [0.3, 0.4) is 0 Å². The normalized spacial score (nSPS) is 13.7. The molecule has 15 heavy (non-hydrogen) atoms. The number of aromatic carboxylic acids is 1. The van der Waals surface area contributed by atoms with Crippen molar-refractivity contribution in [1.29, 1.82) is 0 Å². The molecule has 0 amide bonds. The summed E-state index contributed by atoms with van der Waals surface area (Å²) < 4.78 is 4.35. The van der Waals surface area contributed by atoms with Crippen molar-refractivity contribution in [2.75, 3.05) is 0 Å². The number of cyclic esters (lactones) is 2. The van der Waals surface area contributed by atoms with Crippen LogP contribution < -0.4 is 0 Å². The van der Waals surface area contributed by atoms with Gasteiger partial charge >= 0.3 is 17.9 Å². The summed E-state index contributed by atoms with van der Waals surface area (Å²) in [6, 6.07) is 2.52. The van der Waals surface area contributed by atoms with Gasteiger partial charge in [-0.2, -0.15) is 0 Å². The van der Waals surface area contributed by atoms with Crippen molar-refractivity contribution in [3.63, 3.8) is 0 Å². The van der Waals surface area contributed by atoms with Gasteiger partial charge in [0.2, 0.25) is 0 Å². The number of carbonyl (C=O) groups excluding carboxylic acids is 2. The van der Waals surface area contributed by atoms with Crippen LogP contribution in [0, 0.1) is 6.92 Å². The maximum absolute atomic E-state index is 11.1. The minimum atomic E-state index is -1.14. The molecule has 5 nitrogen and oxygen atoms in total. The fourth-order valence-corrected chi connectivity index (χ4v) is 1.47. The second-order valence-corrected chi connectivity index (χ2v) is 3.19. The zero-order valence-corrected chi connectivity index (χ0v) is 7.73. The van der Waals surface area contributed by atoms with Crippen LogP contribution in [-0.2, 0) is 4.74 Å². The van der Waals surface area contributed by atoms with Gasteiger partial charge in [0, 0.05) is 0 Å². The molecule has 1 aromatic rings. The molecule has 1 N–H and O–H groups in total. The molecular formula is C10H6O5. The topological polar surface area (TPSA) is 80.7 Å². The highest BCUT2D eigenvalue weighted by atomic mass is 16.6. The number of fused-ring (bicyclic) bond motifs is 1.